The molecule has 126 valence electrons. The number of carbonyl (C=O) groups is 1. The van der Waals surface area contributed by atoms with Crippen molar-refractivity contribution in [2.75, 3.05) is 6.54 Å². The summed E-state index contributed by atoms with van der Waals surface area (Å²) in [6.07, 6.45) is 2.79. The largest absolute Gasteiger partial charge is 0.461 e. The van der Waals surface area contributed by atoms with Gasteiger partial charge in [0.25, 0.3) is 0 Å². The summed E-state index contributed by atoms with van der Waals surface area (Å²) < 4.78 is 10.9. The highest BCUT2D eigenvalue weighted by Gasteiger charge is 2.11. The number of hydrogen-bond acceptors (Lipinski definition) is 4. The van der Waals surface area contributed by atoms with Crippen LogP contribution < -0.4 is 5.32 Å². The lowest BCUT2D eigenvalue weighted by atomic mass is 10.1. The number of nitrogens with one attached hydrogen (secondary N) is 1. The molecule has 1 aromatic carbocycles. The molecule has 0 unspecified atom stereocenters. The summed E-state index contributed by atoms with van der Waals surface area (Å²) in [4.78, 5) is 11.9. The second-order valence-electron chi connectivity index (χ2n) is 6.01. The Morgan fingerprint density at radius 3 is 2.79 bits per heavy atom. The van der Waals surface area contributed by atoms with Crippen LogP contribution in [0.15, 0.2) is 39.3 Å². The molecule has 24 heavy (non-hydrogen) atoms. The SMILES string of the molecule is Cc1noc(C)c1CCC(=O)NCCCc1cc2ccccc2o1. The fourth-order valence-electron chi connectivity index (χ4n) is 2.84. The molecule has 0 aliphatic heterocycles. The first-order valence-electron chi connectivity index (χ1n) is 8.29. The molecule has 0 aliphatic carbocycles. The smallest absolute Gasteiger partial charge is 0.220 e. The highest BCUT2D eigenvalue weighted by atomic mass is 16.5. The molecule has 0 fully saturated rings. The predicted molar refractivity (Wildman–Crippen MR) is 91.8 cm³/mol. The molecule has 2 heterocycles. The van der Waals surface area contributed by atoms with E-state index < -0.39 is 0 Å². The molecular formula is C19H22N2O3. The van der Waals surface area contributed by atoms with E-state index in [4.69, 9.17) is 8.94 Å². The van der Waals surface area contributed by atoms with Crippen molar-refractivity contribution in [2.24, 2.45) is 0 Å². The summed E-state index contributed by atoms with van der Waals surface area (Å²) in [5.41, 5.74) is 2.81. The van der Waals surface area contributed by atoms with Crippen LogP contribution in [0.1, 0.15) is 35.6 Å². The number of nitrogens with zero attached hydrogens (tertiary/aromatic N) is 1. The van der Waals surface area contributed by atoms with Crippen LogP contribution in [0.4, 0.5) is 0 Å². The molecule has 1 N–H and O–H groups in total. The fraction of sp³-hybridized carbons (Fsp3) is 0.368. The van der Waals surface area contributed by atoms with E-state index in [1.54, 1.807) is 0 Å². The summed E-state index contributed by atoms with van der Waals surface area (Å²) in [7, 11) is 0. The molecule has 0 aliphatic rings. The van der Waals surface area contributed by atoms with E-state index >= 15 is 0 Å². The highest BCUT2D eigenvalue weighted by Crippen LogP contribution is 2.19. The topological polar surface area (TPSA) is 68.3 Å². The van der Waals surface area contributed by atoms with Crippen molar-refractivity contribution in [3.05, 3.63) is 53.1 Å². The Labute approximate surface area is 141 Å². The zero-order chi connectivity index (χ0) is 16.9. The Morgan fingerprint density at radius 1 is 1.21 bits per heavy atom. The molecule has 0 saturated heterocycles. The van der Waals surface area contributed by atoms with Crippen molar-refractivity contribution >= 4 is 16.9 Å². The van der Waals surface area contributed by atoms with E-state index in [0.29, 0.717) is 19.4 Å². The average Bonchev–Trinajstić information content (AvgIpc) is 3.13. The Bertz CT molecular complexity index is 780. The van der Waals surface area contributed by atoms with Crippen molar-refractivity contribution in [2.45, 2.75) is 39.5 Å². The first kappa shape index (κ1) is 16.3. The molecule has 0 spiro atoms. The van der Waals surface area contributed by atoms with Gasteiger partial charge in [-0.05, 0) is 38.8 Å². The third-order valence-electron chi connectivity index (χ3n) is 4.18. The van der Waals surface area contributed by atoms with E-state index in [2.05, 4.69) is 16.5 Å². The molecule has 3 rings (SSSR count). The molecule has 5 nitrogen and oxygen atoms in total. The second kappa shape index (κ2) is 7.34. The monoisotopic (exact) mass is 326 g/mol. The van der Waals surface area contributed by atoms with Crippen LogP contribution in [-0.4, -0.2) is 17.6 Å². The van der Waals surface area contributed by atoms with Crippen molar-refractivity contribution < 1.29 is 13.7 Å². The Balaban J connectivity index is 1.39. The molecule has 0 radical (unpaired) electrons. The van der Waals surface area contributed by atoms with Crippen LogP contribution in [0, 0.1) is 13.8 Å². The minimum atomic E-state index is 0.0552. The van der Waals surface area contributed by atoms with Gasteiger partial charge in [0.05, 0.1) is 5.69 Å². The predicted octanol–water partition coefficient (Wildman–Crippen LogP) is 3.72. The van der Waals surface area contributed by atoms with Gasteiger partial charge in [0, 0.05) is 30.3 Å². The van der Waals surface area contributed by atoms with Crippen LogP contribution in [0.25, 0.3) is 11.0 Å². The van der Waals surface area contributed by atoms with Gasteiger partial charge in [-0.25, -0.2) is 0 Å². The summed E-state index contributed by atoms with van der Waals surface area (Å²) in [6.45, 7) is 4.43. The minimum absolute atomic E-state index is 0.0552. The first-order valence-corrected chi connectivity index (χ1v) is 8.29. The van der Waals surface area contributed by atoms with E-state index in [-0.39, 0.29) is 5.91 Å². The summed E-state index contributed by atoms with van der Waals surface area (Å²) in [6, 6.07) is 10.0. The van der Waals surface area contributed by atoms with Gasteiger partial charge in [0.2, 0.25) is 5.91 Å². The highest BCUT2D eigenvalue weighted by molar-refractivity contribution is 5.77. The van der Waals surface area contributed by atoms with Crippen LogP contribution in [0.3, 0.4) is 0 Å². The number of aryl methyl sites for hydroxylation is 3. The van der Waals surface area contributed by atoms with E-state index in [1.165, 1.54) is 0 Å². The van der Waals surface area contributed by atoms with Crippen molar-refractivity contribution in [3.63, 3.8) is 0 Å². The van der Waals surface area contributed by atoms with Crippen molar-refractivity contribution in [1.82, 2.24) is 10.5 Å². The maximum absolute atomic E-state index is 11.9. The number of furan rings is 1. The number of para-hydroxylation sites is 1. The van der Waals surface area contributed by atoms with Gasteiger partial charge in [-0.1, -0.05) is 23.4 Å². The Hall–Kier alpha value is -2.56. The van der Waals surface area contributed by atoms with Crippen molar-refractivity contribution in [1.29, 1.82) is 0 Å². The van der Waals surface area contributed by atoms with Gasteiger partial charge in [0.15, 0.2) is 0 Å². The molecular weight excluding hydrogens is 304 g/mol. The molecule has 0 saturated carbocycles. The number of hydrogen-bond donors (Lipinski definition) is 1. The summed E-state index contributed by atoms with van der Waals surface area (Å²) >= 11 is 0. The van der Waals surface area contributed by atoms with Gasteiger partial charge in [0.1, 0.15) is 17.1 Å². The third kappa shape index (κ3) is 3.85. The standard InChI is InChI=1S/C19H22N2O3/c1-13-17(14(2)24-21-13)9-10-19(22)20-11-5-7-16-12-15-6-3-4-8-18(15)23-16/h3-4,6,8,12H,5,7,9-11H2,1-2H3,(H,20,22). The van der Waals surface area contributed by atoms with Crippen molar-refractivity contribution in [3.8, 4) is 0 Å². The molecule has 1 amide bonds. The van der Waals surface area contributed by atoms with Gasteiger partial charge < -0.3 is 14.3 Å². The zero-order valence-electron chi connectivity index (χ0n) is 14.1. The third-order valence-corrected chi connectivity index (χ3v) is 4.18. The minimum Gasteiger partial charge on any atom is -0.461 e. The lowest BCUT2D eigenvalue weighted by Crippen LogP contribution is -2.25. The normalized spacial score (nSPS) is 11.1. The molecule has 3 aromatic rings. The van der Waals surface area contributed by atoms with Gasteiger partial charge in [-0.2, -0.15) is 0 Å². The van der Waals surface area contributed by atoms with Crippen LogP contribution >= 0.6 is 0 Å². The van der Waals surface area contributed by atoms with Crippen LogP contribution in [0.2, 0.25) is 0 Å². The maximum Gasteiger partial charge on any atom is 0.220 e. The first-order chi connectivity index (χ1) is 11.6. The average molecular weight is 326 g/mol. The van der Waals surface area contributed by atoms with E-state index in [1.807, 2.05) is 38.1 Å². The quantitative estimate of drug-likeness (QED) is 0.672. The van der Waals surface area contributed by atoms with Gasteiger partial charge in [-0.3, -0.25) is 4.79 Å². The Morgan fingerprint density at radius 2 is 2.04 bits per heavy atom. The van der Waals surface area contributed by atoms with Gasteiger partial charge in [-0.15, -0.1) is 0 Å². The number of benzene rings is 1. The van der Waals surface area contributed by atoms with E-state index in [0.717, 1.165) is 46.6 Å². The van der Waals surface area contributed by atoms with Crippen LogP contribution in [0.5, 0.6) is 0 Å². The van der Waals surface area contributed by atoms with E-state index in [9.17, 15) is 4.79 Å². The maximum atomic E-state index is 11.9. The molecule has 0 bridgehead atoms. The fourth-order valence-corrected chi connectivity index (χ4v) is 2.84. The number of amides is 1. The zero-order valence-corrected chi connectivity index (χ0v) is 14.1. The molecule has 2 aromatic heterocycles. The Kier molecular flexibility index (Phi) is 4.99. The molecule has 5 heteroatoms. The second-order valence-corrected chi connectivity index (χ2v) is 6.01. The van der Waals surface area contributed by atoms with Gasteiger partial charge >= 0.3 is 0 Å². The van der Waals surface area contributed by atoms with Crippen LogP contribution in [-0.2, 0) is 17.6 Å². The number of fused-ring (bicyclic) bond motifs is 1. The summed E-state index contributed by atoms with van der Waals surface area (Å²) in [5, 5.41) is 7.98. The molecule has 0 atom stereocenters. The lowest BCUT2D eigenvalue weighted by molar-refractivity contribution is -0.121. The number of aromatic nitrogens is 1. The number of carbonyl (C=O) groups excluding carboxylic acids is 1. The lowest BCUT2D eigenvalue weighted by Gasteiger charge is -2.04. The summed E-state index contributed by atoms with van der Waals surface area (Å²) in [5.74, 6) is 1.81. The number of rotatable bonds is 7.